The van der Waals surface area contributed by atoms with Crippen molar-refractivity contribution in [3.63, 3.8) is 0 Å². The lowest BCUT2D eigenvalue weighted by atomic mass is 10.1. The number of hydrogen-bond donors (Lipinski definition) is 2. The molecule has 1 aromatic carbocycles. The largest absolute Gasteiger partial charge is 0.483 e. The zero-order chi connectivity index (χ0) is 15.3. The number of amides is 1. The molecule has 20 heavy (non-hydrogen) atoms. The van der Waals surface area contributed by atoms with Gasteiger partial charge in [-0.3, -0.25) is 4.79 Å². The predicted octanol–water partition coefficient (Wildman–Crippen LogP) is 2.47. The average molecular weight is 294 g/mol. The standard InChI is InChI=1S/C15H22N2O2S/c1-10-6-7-11(2)12(8-10)19-9-13(18)16-14(20)17-15(3,4)5/h6-8H,9H2,1-5H3,(H2,16,17,18,20). The molecule has 2 N–H and O–H groups in total. The summed E-state index contributed by atoms with van der Waals surface area (Å²) < 4.78 is 5.51. The van der Waals surface area contributed by atoms with Crippen LogP contribution in [0.2, 0.25) is 0 Å². The third-order valence-corrected chi connectivity index (χ3v) is 2.65. The van der Waals surface area contributed by atoms with E-state index in [-0.39, 0.29) is 18.1 Å². The Morgan fingerprint density at radius 3 is 2.55 bits per heavy atom. The van der Waals surface area contributed by atoms with Gasteiger partial charge in [0, 0.05) is 5.54 Å². The highest BCUT2D eigenvalue weighted by atomic mass is 32.1. The smallest absolute Gasteiger partial charge is 0.264 e. The number of aryl methyl sites for hydroxylation is 2. The molecule has 0 unspecified atom stereocenters. The fourth-order valence-electron chi connectivity index (χ4n) is 1.54. The van der Waals surface area contributed by atoms with Gasteiger partial charge in [0.15, 0.2) is 11.7 Å². The van der Waals surface area contributed by atoms with Crippen LogP contribution in [0.1, 0.15) is 31.9 Å². The van der Waals surface area contributed by atoms with Gasteiger partial charge in [0.05, 0.1) is 0 Å². The Kier molecular flexibility index (Phi) is 5.51. The number of rotatable bonds is 3. The molecule has 1 amide bonds. The molecule has 0 saturated carbocycles. The van der Waals surface area contributed by atoms with Crippen LogP contribution >= 0.6 is 12.2 Å². The van der Waals surface area contributed by atoms with Crippen molar-refractivity contribution in [2.24, 2.45) is 0 Å². The Labute approximate surface area is 125 Å². The third-order valence-electron chi connectivity index (χ3n) is 2.44. The first kappa shape index (κ1) is 16.4. The molecule has 0 aromatic heterocycles. The van der Waals surface area contributed by atoms with E-state index in [1.807, 2.05) is 52.8 Å². The van der Waals surface area contributed by atoms with Crippen LogP contribution in [0.4, 0.5) is 0 Å². The van der Waals surface area contributed by atoms with Gasteiger partial charge in [0.1, 0.15) is 5.75 Å². The van der Waals surface area contributed by atoms with Crippen LogP contribution in [-0.4, -0.2) is 23.2 Å². The second kappa shape index (κ2) is 6.70. The number of nitrogens with one attached hydrogen (secondary N) is 2. The second-order valence-electron chi connectivity index (χ2n) is 5.81. The number of hydrogen-bond acceptors (Lipinski definition) is 3. The average Bonchev–Trinajstić information content (AvgIpc) is 2.27. The summed E-state index contributed by atoms with van der Waals surface area (Å²) in [5.74, 6) is 0.447. The van der Waals surface area contributed by atoms with E-state index in [1.54, 1.807) is 0 Å². The summed E-state index contributed by atoms with van der Waals surface area (Å²) in [5, 5.41) is 5.92. The summed E-state index contributed by atoms with van der Waals surface area (Å²) in [6.45, 7) is 9.78. The van der Waals surface area contributed by atoms with Crippen molar-refractivity contribution in [2.45, 2.75) is 40.2 Å². The molecule has 0 fully saturated rings. The van der Waals surface area contributed by atoms with Crippen molar-refractivity contribution in [1.29, 1.82) is 0 Å². The first-order valence-electron chi connectivity index (χ1n) is 6.49. The van der Waals surface area contributed by atoms with Crippen molar-refractivity contribution < 1.29 is 9.53 Å². The summed E-state index contributed by atoms with van der Waals surface area (Å²) in [6, 6.07) is 5.88. The van der Waals surface area contributed by atoms with E-state index in [2.05, 4.69) is 10.6 Å². The van der Waals surface area contributed by atoms with Crippen molar-refractivity contribution in [3.05, 3.63) is 29.3 Å². The van der Waals surface area contributed by atoms with Gasteiger partial charge < -0.3 is 15.4 Å². The molecule has 0 bridgehead atoms. The predicted molar refractivity (Wildman–Crippen MR) is 85.0 cm³/mol. The fourth-order valence-corrected chi connectivity index (χ4v) is 1.96. The van der Waals surface area contributed by atoms with Crippen LogP contribution in [-0.2, 0) is 4.79 Å². The number of ether oxygens (including phenoxy) is 1. The lowest BCUT2D eigenvalue weighted by Gasteiger charge is -2.22. The van der Waals surface area contributed by atoms with E-state index in [1.165, 1.54) is 0 Å². The third kappa shape index (κ3) is 6.02. The van der Waals surface area contributed by atoms with Crippen LogP contribution in [0, 0.1) is 13.8 Å². The Bertz CT molecular complexity index is 507. The van der Waals surface area contributed by atoms with Gasteiger partial charge in [-0.25, -0.2) is 0 Å². The summed E-state index contributed by atoms with van der Waals surface area (Å²) >= 11 is 5.06. The van der Waals surface area contributed by atoms with Gasteiger partial charge in [0.25, 0.3) is 5.91 Å². The zero-order valence-electron chi connectivity index (χ0n) is 12.7. The molecule has 0 radical (unpaired) electrons. The highest BCUT2D eigenvalue weighted by Crippen LogP contribution is 2.18. The van der Waals surface area contributed by atoms with Crippen LogP contribution < -0.4 is 15.4 Å². The quantitative estimate of drug-likeness (QED) is 0.841. The van der Waals surface area contributed by atoms with Crippen molar-refractivity contribution >= 4 is 23.2 Å². The zero-order valence-corrected chi connectivity index (χ0v) is 13.5. The molecule has 4 nitrogen and oxygen atoms in total. The van der Waals surface area contributed by atoms with E-state index in [9.17, 15) is 4.79 Å². The molecular weight excluding hydrogens is 272 g/mol. The van der Waals surface area contributed by atoms with E-state index in [4.69, 9.17) is 17.0 Å². The Morgan fingerprint density at radius 2 is 1.95 bits per heavy atom. The highest BCUT2D eigenvalue weighted by molar-refractivity contribution is 7.80. The van der Waals surface area contributed by atoms with Gasteiger partial charge in [-0.2, -0.15) is 0 Å². The monoisotopic (exact) mass is 294 g/mol. The lowest BCUT2D eigenvalue weighted by Crippen LogP contribution is -2.49. The molecule has 0 aliphatic heterocycles. The molecule has 110 valence electrons. The number of carbonyl (C=O) groups is 1. The summed E-state index contributed by atoms with van der Waals surface area (Å²) in [6.07, 6.45) is 0. The summed E-state index contributed by atoms with van der Waals surface area (Å²) in [7, 11) is 0. The molecule has 0 aliphatic carbocycles. The van der Waals surface area contributed by atoms with Crippen LogP contribution in [0.5, 0.6) is 5.75 Å². The maximum atomic E-state index is 11.7. The normalized spacial score (nSPS) is 10.8. The molecule has 0 heterocycles. The second-order valence-corrected chi connectivity index (χ2v) is 6.22. The maximum absolute atomic E-state index is 11.7. The van der Waals surface area contributed by atoms with Crippen LogP contribution in [0.15, 0.2) is 18.2 Å². The lowest BCUT2D eigenvalue weighted by molar-refractivity contribution is -0.121. The van der Waals surface area contributed by atoms with Crippen molar-refractivity contribution in [3.8, 4) is 5.75 Å². The Balaban J connectivity index is 2.48. The molecule has 0 aliphatic rings. The molecule has 5 heteroatoms. The first-order chi connectivity index (χ1) is 9.17. The summed E-state index contributed by atoms with van der Waals surface area (Å²) in [4.78, 5) is 11.7. The van der Waals surface area contributed by atoms with Gasteiger partial charge in [-0.15, -0.1) is 0 Å². The number of benzene rings is 1. The van der Waals surface area contributed by atoms with Crippen molar-refractivity contribution in [1.82, 2.24) is 10.6 Å². The Hall–Kier alpha value is -1.62. The van der Waals surface area contributed by atoms with E-state index < -0.39 is 0 Å². The fraction of sp³-hybridized carbons (Fsp3) is 0.467. The van der Waals surface area contributed by atoms with Gasteiger partial charge in [0.2, 0.25) is 0 Å². The van der Waals surface area contributed by atoms with E-state index in [0.29, 0.717) is 5.11 Å². The molecular formula is C15H22N2O2S. The summed E-state index contributed by atoms with van der Waals surface area (Å²) in [5.41, 5.74) is 1.91. The topological polar surface area (TPSA) is 50.4 Å². The number of carbonyl (C=O) groups excluding carboxylic acids is 1. The molecule has 0 spiro atoms. The highest BCUT2D eigenvalue weighted by Gasteiger charge is 2.13. The maximum Gasteiger partial charge on any atom is 0.264 e. The van der Waals surface area contributed by atoms with Crippen LogP contribution in [0.3, 0.4) is 0 Å². The van der Waals surface area contributed by atoms with E-state index in [0.717, 1.165) is 16.9 Å². The van der Waals surface area contributed by atoms with Gasteiger partial charge >= 0.3 is 0 Å². The minimum atomic E-state index is -0.271. The minimum absolute atomic E-state index is 0.0593. The van der Waals surface area contributed by atoms with Crippen LogP contribution in [0.25, 0.3) is 0 Å². The number of thiocarbonyl (C=S) groups is 1. The molecule has 0 atom stereocenters. The molecule has 1 rings (SSSR count). The van der Waals surface area contributed by atoms with Gasteiger partial charge in [-0.1, -0.05) is 12.1 Å². The first-order valence-corrected chi connectivity index (χ1v) is 6.90. The Morgan fingerprint density at radius 1 is 1.30 bits per heavy atom. The SMILES string of the molecule is Cc1ccc(C)c(OCC(=O)NC(=S)NC(C)(C)C)c1. The minimum Gasteiger partial charge on any atom is -0.483 e. The molecule has 1 aromatic rings. The van der Waals surface area contributed by atoms with E-state index >= 15 is 0 Å². The molecule has 0 saturated heterocycles. The van der Waals surface area contributed by atoms with Crippen molar-refractivity contribution in [2.75, 3.05) is 6.61 Å². The van der Waals surface area contributed by atoms with Gasteiger partial charge in [-0.05, 0) is 64.0 Å².